The molecule has 0 saturated heterocycles. The molecule has 0 aliphatic rings. The maximum atomic E-state index is 12.9. The first kappa shape index (κ1) is 38.9. The fourth-order valence-corrected chi connectivity index (χ4v) is 4.25. The molecule has 9 heteroatoms. The highest BCUT2D eigenvalue weighted by Crippen LogP contribution is 2.22. The number of carboxylic acids is 1. The molecule has 45 heavy (non-hydrogen) atoms. The number of unbranched alkanes of at least 4 members (excludes halogenated alkanes) is 2. The van der Waals surface area contributed by atoms with Crippen molar-refractivity contribution in [1.29, 1.82) is 0 Å². The van der Waals surface area contributed by atoms with E-state index in [1.165, 1.54) is 12.1 Å². The average Bonchev–Trinajstić information content (AvgIpc) is 3.03. The number of amides is 2. The van der Waals surface area contributed by atoms with E-state index in [4.69, 9.17) is 14.6 Å². The van der Waals surface area contributed by atoms with E-state index in [0.717, 1.165) is 57.4 Å². The van der Waals surface area contributed by atoms with Gasteiger partial charge in [-0.05, 0) is 82.4 Å². The van der Waals surface area contributed by atoms with Gasteiger partial charge in [0.25, 0.3) is 5.91 Å². The van der Waals surface area contributed by atoms with Gasteiger partial charge in [-0.3, -0.25) is 10.1 Å². The molecule has 0 radical (unpaired) electrons. The maximum Gasteiger partial charge on any atom is 0.411 e. The number of aromatic carboxylic acids is 1. The summed E-state index contributed by atoms with van der Waals surface area (Å²) in [6, 6.07) is 3.64. The van der Waals surface area contributed by atoms with E-state index in [0.29, 0.717) is 19.4 Å². The Hall–Kier alpha value is -4.11. The van der Waals surface area contributed by atoms with Crippen LogP contribution in [0.25, 0.3) is 0 Å². The lowest BCUT2D eigenvalue weighted by Gasteiger charge is -2.30. The van der Waals surface area contributed by atoms with Gasteiger partial charge >= 0.3 is 12.1 Å². The van der Waals surface area contributed by atoms with Crippen LogP contribution in [-0.4, -0.2) is 53.5 Å². The maximum absolute atomic E-state index is 12.9. The molecule has 248 valence electrons. The summed E-state index contributed by atoms with van der Waals surface area (Å²) in [6.45, 7) is 6.44. The minimum Gasteiger partial charge on any atom is -0.507 e. The summed E-state index contributed by atoms with van der Waals surface area (Å²) in [5.41, 5.74) is -1.13. The Morgan fingerprint density at radius 2 is 1.38 bits per heavy atom. The Bertz CT molecular complexity index is 1160. The van der Waals surface area contributed by atoms with Gasteiger partial charge in [0, 0.05) is 12.3 Å². The first-order valence-electron chi connectivity index (χ1n) is 16.0. The number of hydrogen-bond acceptors (Lipinski definition) is 6. The number of hydrogen-bond donors (Lipinski definition) is 4. The van der Waals surface area contributed by atoms with Gasteiger partial charge in [0.1, 0.15) is 23.5 Å². The second-order valence-electron chi connectivity index (χ2n) is 10.3. The summed E-state index contributed by atoms with van der Waals surface area (Å²) in [7, 11) is 0. The third kappa shape index (κ3) is 17.1. The topological polar surface area (TPSA) is 134 Å². The van der Waals surface area contributed by atoms with E-state index in [9.17, 15) is 19.5 Å². The van der Waals surface area contributed by atoms with E-state index in [-0.39, 0.29) is 30.3 Å². The molecule has 2 amide bonds. The van der Waals surface area contributed by atoms with Crippen LogP contribution >= 0.6 is 0 Å². The molecule has 0 unspecified atom stereocenters. The predicted molar refractivity (Wildman–Crippen MR) is 181 cm³/mol. The molecule has 9 nitrogen and oxygen atoms in total. The number of benzene rings is 1. The lowest BCUT2D eigenvalue weighted by Crippen LogP contribution is -2.49. The highest BCUT2D eigenvalue weighted by molar-refractivity contribution is 5.94. The Kier molecular flexibility index (Phi) is 21.0. The molecule has 0 aromatic heterocycles. The van der Waals surface area contributed by atoms with Gasteiger partial charge in [-0.15, -0.1) is 0 Å². The van der Waals surface area contributed by atoms with Crippen molar-refractivity contribution in [3.8, 4) is 5.75 Å². The third-order valence-electron chi connectivity index (χ3n) is 6.95. The molecule has 0 bridgehead atoms. The average molecular weight is 625 g/mol. The molecule has 1 aromatic rings. The van der Waals surface area contributed by atoms with Crippen LogP contribution in [0.3, 0.4) is 0 Å². The molecule has 1 rings (SSSR count). The van der Waals surface area contributed by atoms with Crippen molar-refractivity contribution in [1.82, 2.24) is 5.32 Å². The zero-order chi connectivity index (χ0) is 33.2. The minimum absolute atomic E-state index is 0.0851. The quantitative estimate of drug-likeness (QED) is 0.0547. The number of nitrogens with one attached hydrogen (secondary N) is 2. The zero-order valence-electron chi connectivity index (χ0n) is 27.1. The number of carboxylic acid groups (broad SMARTS) is 1. The number of aromatic hydroxyl groups is 1. The Balaban J connectivity index is 2.24. The fraction of sp³-hybridized carbons (Fsp3) is 0.472. The normalized spacial score (nSPS) is 12.2. The number of allylic oxidation sites excluding steroid dienone is 10. The van der Waals surface area contributed by atoms with Crippen molar-refractivity contribution in [3.05, 3.63) is 84.5 Å². The lowest BCUT2D eigenvalue weighted by atomic mass is 9.95. The van der Waals surface area contributed by atoms with Crippen molar-refractivity contribution in [2.24, 2.45) is 0 Å². The molecule has 0 aliphatic heterocycles. The molecule has 0 atom stereocenters. The molecular formula is C36H52N2O7. The fourth-order valence-electron chi connectivity index (χ4n) is 4.25. The van der Waals surface area contributed by atoms with Gasteiger partial charge in [0.2, 0.25) is 0 Å². The van der Waals surface area contributed by atoms with E-state index < -0.39 is 23.4 Å². The van der Waals surface area contributed by atoms with Crippen LogP contribution in [0, 0.1) is 0 Å². The van der Waals surface area contributed by atoms with Crippen LogP contribution in [0.15, 0.2) is 79.0 Å². The first-order valence-corrected chi connectivity index (χ1v) is 16.0. The molecule has 4 N–H and O–H groups in total. The van der Waals surface area contributed by atoms with Gasteiger partial charge in [-0.25, -0.2) is 9.59 Å². The van der Waals surface area contributed by atoms with Crippen LogP contribution in [0.2, 0.25) is 0 Å². The number of rotatable bonds is 23. The van der Waals surface area contributed by atoms with E-state index in [1.54, 1.807) is 0 Å². The van der Waals surface area contributed by atoms with Gasteiger partial charge in [0.05, 0.1) is 6.54 Å². The van der Waals surface area contributed by atoms with Crippen molar-refractivity contribution in [3.63, 3.8) is 0 Å². The third-order valence-corrected chi connectivity index (χ3v) is 6.95. The second kappa shape index (κ2) is 24.2. The van der Waals surface area contributed by atoms with Crippen molar-refractivity contribution < 1.29 is 34.1 Å². The molecule has 1 aromatic carbocycles. The molecular weight excluding hydrogens is 572 g/mol. The van der Waals surface area contributed by atoms with Crippen LogP contribution in [0.4, 0.5) is 10.5 Å². The molecule has 0 spiro atoms. The number of phenols is 1. The van der Waals surface area contributed by atoms with E-state index in [1.807, 2.05) is 13.8 Å². The van der Waals surface area contributed by atoms with Gasteiger partial charge in [-0.2, -0.15) is 0 Å². The first-order chi connectivity index (χ1) is 21.8. The lowest BCUT2D eigenvalue weighted by molar-refractivity contribution is -0.149. The van der Waals surface area contributed by atoms with Crippen molar-refractivity contribution >= 4 is 23.7 Å². The summed E-state index contributed by atoms with van der Waals surface area (Å²) in [4.78, 5) is 36.1. The van der Waals surface area contributed by atoms with Crippen LogP contribution < -0.4 is 10.6 Å². The molecule has 0 fully saturated rings. The largest absolute Gasteiger partial charge is 0.507 e. The minimum atomic E-state index is -1.32. The van der Waals surface area contributed by atoms with Gasteiger partial charge in [-0.1, -0.05) is 81.5 Å². The molecule has 0 saturated carbocycles. The number of carbonyl (C=O) groups excluding carboxylic acids is 2. The Morgan fingerprint density at radius 1 is 0.800 bits per heavy atom. The monoisotopic (exact) mass is 624 g/mol. The number of carbonyl (C=O) groups is 3. The van der Waals surface area contributed by atoms with Crippen molar-refractivity contribution in [2.75, 3.05) is 25.1 Å². The highest BCUT2D eigenvalue weighted by Gasteiger charge is 2.35. The smallest absolute Gasteiger partial charge is 0.411 e. The summed E-state index contributed by atoms with van der Waals surface area (Å²) < 4.78 is 11.1. The Labute approximate surface area is 268 Å². The van der Waals surface area contributed by atoms with Crippen molar-refractivity contribution in [2.45, 2.75) is 90.6 Å². The highest BCUT2D eigenvalue weighted by atomic mass is 16.5. The SMILES string of the molecule is CCC=CCC=CCC=CCC=CCC=CCCCCOC(CC)(CC)C(=O)NCCOC(=O)Nc1ccc(O)c(C(=O)O)c1. The van der Waals surface area contributed by atoms with E-state index in [2.05, 4.69) is 78.3 Å². The molecule has 0 aliphatic carbocycles. The standard InChI is InChI=1S/C36H52N2O7/c1-4-7-8-9-10-11-12-13-14-15-16-17-18-19-20-21-22-23-27-45-36(5-2,6-3)34(42)37-26-28-44-35(43)38-30-24-25-32(39)31(29-30)33(40)41/h7-8,10-11,13-14,16-17,19-20,24-25,29,39H,4-6,9,12,15,18,21-23,26-28H2,1-3H3,(H,37,42)(H,38,43)(H,40,41). The summed E-state index contributed by atoms with van der Waals surface area (Å²) >= 11 is 0. The summed E-state index contributed by atoms with van der Waals surface area (Å²) in [6.07, 6.45) is 29.7. The van der Waals surface area contributed by atoms with Gasteiger partial charge in [0.15, 0.2) is 0 Å². The second-order valence-corrected chi connectivity index (χ2v) is 10.3. The van der Waals surface area contributed by atoms with Crippen LogP contribution in [0.1, 0.15) is 95.3 Å². The number of ether oxygens (including phenoxy) is 2. The van der Waals surface area contributed by atoms with Gasteiger partial charge < -0.3 is 25.0 Å². The van der Waals surface area contributed by atoms with E-state index >= 15 is 0 Å². The predicted octanol–water partition coefficient (Wildman–Crippen LogP) is 8.25. The summed E-state index contributed by atoms with van der Waals surface area (Å²) in [5.74, 6) is -1.99. The summed E-state index contributed by atoms with van der Waals surface area (Å²) in [5, 5.41) is 23.8. The van der Waals surface area contributed by atoms with Crippen LogP contribution in [0.5, 0.6) is 5.75 Å². The van der Waals surface area contributed by atoms with Crippen LogP contribution in [-0.2, 0) is 14.3 Å². The number of anilines is 1. The molecule has 0 heterocycles. The zero-order valence-corrected chi connectivity index (χ0v) is 27.1. The Morgan fingerprint density at radius 3 is 1.93 bits per heavy atom.